The molecule has 0 aliphatic carbocycles. The van der Waals surface area contributed by atoms with E-state index in [0.717, 1.165) is 16.5 Å². The first-order chi connectivity index (χ1) is 19.9. The monoisotopic (exact) mass is 584 g/mol. The summed E-state index contributed by atoms with van der Waals surface area (Å²) in [6.07, 6.45) is 2.69. The molecular weight excluding hydrogens is 552 g/mol. The molecule has 0 fully saturated rings. The van der Waals surface area contributed by atoms with Gasteiger partial charge in [0.25, 0.3) is 0 Å². The van der Waals surface area contributed by atoms with Crippen LogP contribution in [0, 0.1) is 0 Å². The molecule has 16 heteroatoms. The van der Waals surface area contributed by atoms with Crippen LogP contribution in [0.15, 0.2) is 43.0 Å². The average molecular weight is 585 g/mol. The Hall–Kier alpha value is -5.25. The molecule has 0 aliphatic rings. The molecule has 4 amide bonds. The van der Waals surface area contributed by atoms with Gasteiger partial charge in [-0.3, -0.25) is 24.0 Å². The minimum Gasteiger partial charge on any atom is -0.481 e. The zero-order valence-corrected chi connectivity index (χ0v) is 22.3. The Kier molecular flexibility index (Phi) is 10.7. The molecule has 1 aromatic carbocycles. The fraction of sp³-hybridized carbons (Fsp3) is 0.346. The topological polar surface area (TPSA) is 275 Å². The molecule has 2 aromatic heterocycles. The van der Waals surface area contributed by atoms with Crippen LogP contribution in [0.1, 0.15) is 30.5 Å². The number of carboxylic acid groups (broad SMARTS) is 2. The number of aliphatic carboxylic acids is 2. The molecule has 0 aliphatic heterocycles. The summed E-state index contributed by atoms with van der Waals surface area (Å²) >= 11 is 0. The van der Waals surface area contributed by atoms with Crippen LogP contribution in [-0.4, -0.2) is 84.9 Å². The summed E-state index contributed by atoms with van der Waals surface area (Å²) < 4.78 is 0. The Morgan fingerprint density at radius 1 is 0.881 bits per heavy atom. The zero-order chi connectivity index (χ0) is 30.8. The van der Waals surface area contributed by atoms with Gasteiger partial charge in [0.05, 0.1) is 18.8 Å². The van der Waals surface area contributed by atoms with Gasteiger partial charge in [0.1, 0.15) is 18.1 Å². The highest BCUT2D eigenvalue weighted by Gasteiger charge is 2.32. The highest BCUT2D eigenvalue weighted by molar-refractivity contribution is 5.96. The molecule has 2 heterocycles. The molecule has 0 bridgehead atoms. The van der Waals surface area contributed by atoms with Crippen molar-refractivity contribution in [2.45, 2.75) is 56.3 Å². The minimum absolute atomic E-state index is 0.0946. The maximum Gasteiger partial charge on any atom is 0.326 e. The van der Waals surface area contributed by atoms with Gasteiger partial charge < -0.3 is 47.6 Å². The van der Waals surface area contributed by atoms with E-state index in [1.54, 1.807) is 6.20 Å². The lowest BCUT2D eigenvalue weighted by atomic mass is 10.0. The van der Waals surface area contributed by atoms with Crippen LogP contribution in [0.25, 0.3) is 10.9 Å². The van der Waals surface area contributed by atoms with E-state index < -0.39 is 79.0 Å². The van der Waals surface area contributed by atoms with Gasteiger partial charge in [-0.1, -0.05) is 18.2 Å². The van der Waals surface area contributed by atoms with Crippen molar-refractivity contribution >= 4 is 46.5 Å². The van der Waals surface area contributed by atoms with E-state index >= 15 is 0 Å². The summed E-state index contributed by atoms with van der Waals surface area (Å²) in [7, 11) is 0. The summed E-state index contributed by atoms with van der Waals surface area (Å²) in [5.41, 5.74) is 13.3. The van der Waals surface area contributed by atoms with Crippen LogP contribution in [0.5, 0.6) is 0 Å². The predicted octanol–water partition coefficient (Wildman–Crippen LogP) is -1.72. The molecule has 11 N–H and O–H groups in total. The van der Waals surface area contributed by atoms with E-state index in [2.05, 4.69) is 30.9 Å². The minimum atomic E-state index is -1.55. The zero-order valence-electron chi connectivity index (χ0n) is 22.3. The Bertz CT molecular complexity index is 1440. The second kappa shape index (κ2) is 14.4. The normalized spacial score (nSPS) is 13.8. The largest absolute Gasteiger partial charge is 0.481 e. The highest BCUT2D eigenvalue weighted by atomic mass is 16.4. The number of hydrogen-bond donors (Lipinski definition) is 9. The van der Waals surface area contributed by atoms with Crippen molar-refractivity contribution in [2.24, 2.45) is 11.5 Å². The van der Waals surface area contributed by atoms with Crippen molar-refractivity contribution in [1.82, 2.24) is 30.9 Å². The number of nitrogens with one attached hydrogen (secondary N) is 5. The SMILES string of the molecule is NC(=O)CC(NC(=O)C(N)Cc1c[nH]c2ccccc12)C(=O)NC(CCC(=O)O)C(=O)NC(Cc1cnc[nH]1)C(=O)O. The van der Waals surface area contributed by atoms with E-state index in [9.17, 15) is 33.9 Å². The van der Waals surface area contributed by atoms with Crippen molar-refractivity contribution in [2.75, 3.05) is 0 Å². The average Bonchev–Trinajstić information content (AvgIpc) is 3.59. The van der Waals surface area contributed by atoms with Crippen molar-refractivity contribution < 1.29 is 39.0 Å². The van der Waals surface area contributed by atoms with Crippen LogP contribution in [0.3, 0.4) is 0 Å². The lowest BCUT2D eigenvalue weighted by molar-refractivity contribution is -0.143. The number of aromatic amines is 2. The van der Waals surface area contributed by atoms with Crippen molar-refractivity contribution in [3.63, 3.8) is 0 Å². The molecule has 4 atom stereocenters. The number of carbonyl (C=O) groups is 6. The first-order valence-corrected chi connectivity index (χ1v) is 12.9. The van der Waals surface area contributed by atoms with E-state index in [0.29, 0.717) is 5.69 Å². The fourth-order valence-electron chi connectivity index (χ4n) is 4.22. The number of benzene rings is 1. The van der Waals surface area contributed by atoms with E-state index in [4.69, 9.17) is 16.6 Å². The van der Waals surface area contributed by atoms with Gasteiger partial charge in [-0.05, 0) is 24.5 Å². The van der Waals surface area contributed by atoms with Crippen molar-refractivity contribution in [3.05, 3.63) is 54.2 Å². The quantitative estimate of drug-likeness (QED) is 0.0918. The first-order valence-electron chi connectivity index (χ1n) is 12.9. The number of nitrogens with zero attached hydrogens (tertiary/aromatic N) is 1. The van der Waals surface area contributed by atoms with Gasteiger partial charge >= 0.3 is 11.9 Å². The summed E-state index contributed by atoms with van der Waals surface area (Å²) in [4.78, 5) is 83.2. The van der Waals surface area contributed by atoms with Crippen LogP contribution in [0.2, 0.25) is 0 Å². The number of H-pyrrole nitrogens is 2. The van der Waals surface area contributed by atoms with E-state index in [1.165, 1.54) is 12.5 Å². The van der Waals surface area contributed by atoms with Gasteiger partial charge in [0, 0.05) is 41.8 Å². The van der Waals surface area contributed by atoms with Crippen molar-refractivity contribution in [3.8, 4) is 0 Å². The van der Waals surface area contributed by atoms with Gasteiger partial charge in [-0.25, -0.2) is 9.78 Å². The van der Waals surface area contributed by atoms with Gasteiger partial charge in [0.2, 0.25) is 23.6 Å². The first kappa shape index (κ1) is 31.3. The van der Waals surface area contributed by atoms with Gasteiger partial charge in [-0.2, -0.15) is 0 Å². The Morgan fingerprint density at radius 2 is 1.55 bits per heavy atom. The molecular formula is C26H32N8O8. The maximum atomic E-state index is 13.1. The number of primary amides is 1. The number of carboxylic acids is 2. The standard InChI is InChI=1S/C26H32N8O8/c27-16(7-13-10-30-17-4-2-1-3-15(13)17)23(38)33-19(9-21(28)35)25(40)32-18(5-6-22(36)37)24(39)34-20(26(41)42)8-14-11-29-12-31-14/h1-4,10-12,16,18-20,30H,5-9,27H2,(H2,28,35)(H,29,31)(H,32,40)(H,33,38)(H,34,39)(H,36,37)(H,41,42). The number of rotatable bonds is 16. The van der Waals surface area contributed by atoms with Crippen LogP contribution in [-0.2, 0) is 41.6 Å². The van der Waals surface area contributed by atoms with Crippen LogP contribution in [0.4, 0.5) is 0 Å². The second-order valence-corrected chi connectivity index (χ2v) is 9.58. The summed E-state index contributed by atoms with van der Waals surface area (Å²) in [6, 6.07) is 1.72. The van der Waals surface area contributed by atoms with Gasteiger partial charge in [0.15, 0.2) is 0 Å². The van der Waals surface area contributed by atoms with Crippen molar-refractivity contribution in [1.29, 1.82) is 0 Å². The molecule has 0 radical (unpaired) electrons. The molecule has 0 saturated carbocycles. The predicted molar refractivity (Wildman–Crippen MR) is 146 cm³/mol. The lowest BCUT2D eigenvalue weighted by Gasteiger charge is -2.24. The molecule has 0 spiro atoms. The molecule has 4 unspecified atom stereocenters. The highest BCUT2D eigenvalue weighted by Crippen LogP contribution is 2.18. The number of para-hydroxylation sites is 1. The Morgan fingerprint density at radius 3 is 2.19 bits per heavy atom. The maximum absolute atomic E-state index is 13.1. The third-order valence-electron chi connectivity index (χ3n) is 6.36. The number of aromatic nitrogens is 3. The molecule has 0 saturated heterocycles. The number of fused-ring (bicyclic) bond motifs is 1. The molecule has 224 valence electrons. The molecule has 16 nitrogen and oxygen atoms in total. The molecule has 3 aromatic rings. The summed E-state index contributed by atoms with van der Waals surface area (Å²) in [5, 5.41) is 26.4. The smallest absolute Gasteiger partial charge is 0.326 e. The van der Waals surface area contributed by atoms with E-state index in [-0.39, 0.29) is 12.8 Å². The Labute approximate surface area is 238 Å². The molecule has 42 heavy (non-hydrogen) atoms. The van der Waals surface area contributed by atoms with Crippen LogP contribution < -0.4 is 27.4 Å². The molecule has 3 rings (SSSR count). The van der Waals surface area contributed by atoms with E-state index in [1.807, 2.05) is 24.3 Å². The summed E-state index contributed by atoms with van der Waals surface area (Å²) in [5.74, 6) is -6.40. The third-order valence-corrected chi connectivity index (χ3v) is 6.36. The third kappa shape index (κ3) is 8.88. The Balaban J connectivity index is 1.71. The number of amides is 4. The number of nitrogens with two attached hydrogens (primary N) is 2. The lowest BCUT2D eigenvalue weighted by Crippen LogP contribution is -2.58. The number of imidazole rings is 1. The number of carbonyl (C=O) groups excluding carboxylic acids is 4. The fourth-order valence-corrected chi connectivity index (χ4v) is 4.22. The number of hydrogen-bond acceptors (Lipinski definition) is 8. The second-order valence-electron chi connectivity index (χ2n) is 9.58. The summed E-state index contributed by atoms with van der Waals surface area (Å²) in [6.45, 7) is 0. The van der Waals surface area contributed by atoms with Gasteiger partial charge in [-0.15, -0.1) is 0 Å². The van der Waals surface area contributed by atoms with Crippen LogP contribution >= 0.6 is 0 Å².